The van der Waals surface area contributed by atoms with Gasteiger partial charge >= 0.3 is 0 Å². The smallest absolute Gasteiger partial charge is 0.255 e. The number of anilines is 2. The van der Waals surface area contributed by atoms with Crippen LogP contribution in [0.5, 0.6) is 0 Å². The normalized spacial score (nSPS) is 15.8. The largest absolute Gasteiger partial charge is 0.383 e. The molecule has 2 aromatic heterocycles. The molecule has 10 heteroatoms. The van der Waals surface area contributed by atoms with Gasteiger partial charge in [0.15, 0.2) is 5.65 Å². The number of hydrogen-bond acceptors (Lipinski definition) is 6. The molecule has 0 radical (unpaired) electrons. The Bertz CT molecular complexity index is 1710. The molecule has 0 bridgehead atoms. The number of nitrogens with zero attached hydrogens (tertiary/aromatic N) is 6. The summed E-state index contributed by atoms with van der Waals surface area (Å²) < 4.78 is 1.83. The predicted octanol–water partition coefficient (Wildman–Crippen LogP) is 5.65. The minimum Gasteiger partial charge on any atom is -0.383 e. The number of rotatable bonds is 5. The Morgan fingerprint density at radius 3 is 2.48 bits per heavy atom. The van der Waals surface area contributed by atoms with Crippen molar-refractivity contribution in [1.29, 1.82) is 0 Å². The standard InChI is InChI=1S/C32H34N8O2/c1-20-8-10-22(11-9-20)30(41)37-23-14-12-21(13-15-23)27-26-28(33)35-19-36-29(26)40(38-27)24-7-6-16-39(18-24)31(42)25(34-5)17-32(2,3)4/h8-15,17,19,24H,6-7,16,18H2,1-4H3,(H,37,41)(H2,33,35,36)/t24-/m1/s1. The van der Waals surface area contributed by atoms with E-state index in [-0.39, 0.29) is 29.0 Å². The highest BCUT2D eigenvalue weighted by molar-refractivity contribution is 6.04. The zero-order valence-corrected chi connectivity index (χ0v) is 24.3. The van der Waals surface area contributed by atoms with E-state index in [9.17, 15) is 9.59 Å². The summed E-state index contributed by atoms with van der Waals surface area (Å²) in [7, 11) is 0. The van der Waals surface area contributed by atoms with Crippen molar-refractivity contribution in [2.45, 2.75) is 46.6 Å². The summed E-state index contributed by atoms with van der Waals surface area (Å²) >= 11 is 0. The van der Waals surface area contributed by atoms with Crippen molar-refractivity contribution in [3.8, 4) is 11.3 Å². The number of benzene rings is 2. The van der Waals surface area contributed by atoms with E-state index in [2.05, 4.69) is 20.1 Å². The first-order chi connectivity index (χ1) is 20.0. The maximum Gasteiger partial charge on any atom is 0.255 e. The molecular formula is C32H34N8O2. The number of hydrogen-bond donors (Lipinski definition) is 2. The van der Waals surface area contributed by atoms with E-state index in [1.54, 1.807) is 23.1 Å². The molecule has 4 aromatic rings. The monoisotopic (exact) mass is 562 g/mol. The van der Waals surface area contributed by atoms with Gasteiger partial charge in [-0.1, -0.05) is 56.7 Å². The van der Waals surface area contributed by atoms with E-state index in [0.717, 1.165) is 24.0 Å². The summed E-state index contributed by atoms with van der Waals surface area (Å²) in [5.74, 6) is -0.144. The Labute approximate surface area is 245 Å². The van der Waals surface area contributed by atoms with Crippen LogP contribution in [0.4, 0.5) is 11.5 Å². The fourth-order valence-corrected chi connectivity index (χ4v) is 5.12. The first-order valence-corrected chi connectivity index (χ1v) is 13.9. The van der Waals surface area contributed by atoms with Crippen LogP contribution in [0, 0.1) is 18.9 Å². The first-order valence-electron chi connectivity index (χ1n) is 13.9. The summed E-state index contributed by atoms with van der Waals surface area (Å²) in [5.41, 5.74) is 10.5. The average molecular weight is 563 g/mol. The molecule has 2 aromatic carbocycles. The van der Waals surface area contributed by atoms with Gasteiger partial charge in [-0.3, -0.25) is 9.59 Å². The molecule has 10 nitrogen and oxygen atoms in total. The molecule has 0 spiro atoms. The number of aryl methyl sites for hydroxylation is 1. The number of aromatic nitrogens is 4. The zero-order chi connectivity index (χ0) is 30.0. The molecule has 5 rings (SSSR count). The number of nitrogen functional groups attached to an aromatic ring is 1. The number of carbonyl (C=O) groups excluding carboxylic acids is 2. The highest BCUT2D eigenvalue weighted by Gasteiger charge is 2.30. The number of likely N-dealkylation sites (tertiary alicyclic amines) is 1. The van der Waals surface area contributed by atoms with E-state index in [1.807, 2.05) is 68.8 Å². The molecule has 3 heterocycles. The molecule has 3 N–H and O–H groups in total. The molecule has 214 valence electrons. The van der Waals surface area contributed by atoms with Crippen LogP contribution in [-0.4, -0.2) is 49.6 Å². The number of piperidine rings is 1. The molecule has 1 fully saturated rings. The lowest BCUT2D eigenvalue weighted by atomic mass is 9.95. The minimum absolute atomic E-state index is 0.135. The summed E-state index contributed by atoms with van der Waals surface area (Å²) in [5, 5.41) is 8.50. The molecule has 1 saturated heterocycles. The van der Waals surface area contributed by atoms with Gasteiger partial charge in [0.05, 0.1) is 18.0 Å². The molecule has 1 atom stereocenters. The Kier molecular flexibility index (Phi) is 7.77. The Balaban J connectivity index is 1.42. The SMILES string of the molecule is [C-]#[N+]C(=CC(C)(C)C)C(=O)N1CCC[C@@H](n2nc(-c3ccc(NC(=O)c4ccc(C)cc4)cc3)c3c(N)ncnc32)C1. The number of amides is 2. The van der Waals surface area contributed by atoms with Crippen LogP contribution in [0.3, 0.4) is 0 Å². The first kappa shape index (κ1) is 28.5. The Morgan fingerprint density at radius 2 is 1.81 bits per heavy atom. The van der Waals surface area contributed by atoms with Gasteiger partial charge in [-0.2, -0.15) is 5.10 Å². The molecule has 0 aliphatic carbocycles. The van der Waals surface area contributed by atoms with Gasteiger partial charge in [0, 0.05) is 29.9 Å². The number of allylic oxidation sites excluding steroid dienone is 1. The topological polar surface area (TPSA) is 123 Å². The van der Waals surface area contributed by atoms with Crippen LogP contribution in [0.15, 0.2) is 66.6 Å². The lowest BCUT2D eigenvalue weighted by Crippen LogP contribution is -2.41. The highest BCUT2D eigenvalue weighted by Crippen LogP contribution is 2.34. The van der Waals surface area contributed by atoms with Crippen LogP contribution < -0.4 is 11.1 Å². The number of fused-ring (bicyclic) bond motifs is 1. The van der Waals surface area contributed by atoms with Gasteiger partial charge in [-0.25, -0.2) is 19.5 Å². The van der Waals surface area contributed by atoms with Crippen LogP contribution in [0.2, 0.25) is 0 Å². The second-order valence-electron chi connectivity index (χ2n) is 11.7. The minimum atomic E-state index is -0.286. The zero-order valence-electron chi connectivity index (χ0n) is 24.3. The maximum atomic E-state index is 13.3. The number of carbonyl (C=O) groups is 2. The molecule has 2 amide bonds. The van der Waals surface area contributed by atoms with Gasteiger partial charge in [-0.05, 0) is 49.4 Å². The third-order valence-corrected chi connectivity index (χ3v) is 7.19. The van der Waals surface area contributed by atoms with Gasteiger partial charge in [0.2, 0.25) is 5.70 Å². The second kappa shape index (κ2) is 11.4. The van der Waals surface area contributed by atoms with Crippen LogP contribution in [0.25, 0.3) is 27.1 Å². The quantitative estimate of drug-likeness (QED) is 0.239. The van der Waals surface area contributed by atoms with Crippen molar-refractivity contribution in [2.24, 2.45) is 5.41 Å². The van der Waals surface area contributed by atoms with Crippen molar-refractivity contribution >= 4 is 34.4 Å². The van der Waals surface area contributed by atoms with E-state index in [4.69, 9.17) is 17.4 Å². The molecular weight excluding hydrogens is 528 g/mol. The average Bonchev–Trinajstić information content (AvgIpc) is 3.37. The third kappa shape index (κ3) is 6.00. The van der Waals surface area contributed by atoms with Crippen molar-refractivity contribution in [3.63, 3.8) is 0 Å². The van der Waals surface area contributed by atoms with E-state index >= 15 is 0 Å². The van der Waals surface area contributed by atoms with E-state index in [1.165, 1.54) is 6.33 Å². The van der Waals surface area contributed by atoms with Crippen LogP contribution in [0.1, 0.15) is 55.6 Å². The fourth-order valence-electron chi connectivity index (χ4n) is 5.12. The predicted molar refractivity (Wildman–Crippen MR) is 163 cm³/mol. The maximum absolute atomic E-state index is 13.3. The van der Waals surface area contributed by atoms with Crippen molar-refractivity contribution in [3.05, 3.63) is 89.2 Å². The van der Waals surface area contributed by atoms with E-state index in [0.29, 0.717) is 46.9 Å². The van der Waals surface area contributed by atoms with Gasteiger partial charge < -0.3 is 16.0 Å². The Morgan fingerprint density at radius 1 is 1.10 bits per heavy atom. The van der Waals surface area contributed by atoms with Gasteiger partial charge in [-0.15, -0.1) is 0 Å². The van der Waals surface area contributed by atoms with Gasteiger partial charge in [0.1, 0.15) is 17.8 Å². The summed E-state index contributed by atoms with van der Waals surface area (Å²) in [4.78, 5) is 39.9. The number of nitrogens with two attached hydrogens (primary N) is 1. The third-order valence-electron chi connectivity index (χ3n) is 7.19. The van der Waals surface area contributed by atoms with Crippen molar-refractivity contribution in [2.75, 3.05) is 24.1 Å². The summed E-state index contributed by atoms with van der Waals surface area (Å²) in [6.07, 6.45) is 4.71. The van der Waals surface area contributed by atoms with Gasteiger partial charge in [0.25, 0.3) is 11.8 Å². The van der Waals surface area contributed by atoms with Crippen molar-refractivity contribution in [1.82, 2.24) is 24.6 Å². The molecule has 1 aliphatic heterocycles. The molecule has 1 aliphatic rings. The lowest BCUT2D eigenvalue weighted by Gasteiger charge is -2.33. The van der Waals surface area contributed by atoms with Crippen LogP contribution in [-0.2, 0) is 4.79 Å². The molecule has 0 unspecified atom stereocenters. The fraction of sp³-hybridized carbons (Fsp3) is 0.312. The molecule has 0 saturated carbocycles. The Hall–Kier alpha value is -5.04. The molecule has 42 heavy (non-hydrogen) atoms. The lowest BCUT2D eigenvalue weighted by molar-refractivity contribution is -0.128. The van der Waals surface area contributed by atoms with E-state index < -0.39 is 0 Å². The summed E-state index contributed by atoms with van der Waals surface area (Å²) in [6.45, 7) is 16.4. The second-order valence-corrected chi connectivity index (χ2v) is 11.7. The summed E-state index contributed by atoms with van der Waals surface area (Å²) in [6, 6.07) is 14.6. The van der Waals surface area contributed by atoms with Crippen LogP contribution >= 0.6 is 0 Å². The van der Waals surface area contributed by atoms with Crippen molar-refractivity contribution < 1.29 is 9.59 Å². The highest BCUT2D eigenvalue weighted by atomic mass is 16.2. The number of nitrogens with one attached hydrogen (secondary N) is 1.